The van der Waals surface area contributed by atoms with E-state index in [2.05, 4.69) is 4.98 Å². The first-order chi connectivity index (χ1) is 7.56. The van der Waals surface area contributed by atoms with Crippen LogP contribution in [0.4, 0.5) is 0 Å². The summed E-state index contributed by atoms with van der Waals surface area (Å²) >= 11 is 1.51. The molecule has 0 radical (unpaired) electrons. The molecule has 1 aromatic rings. The van der Waals surface area contributed by atoms with Crippen molar-refractivity contribution in [3.8, 4) is 0 Å². The van der Waals surface area contributed by atoms with Crippen LogP contribution in [0.5, 0.6) is 0 Å². The second kappa shape index (κ2) is 4.48. The predicted octanol–water partition coefficient (Wildman–Crippen LogP) is -0.442. The molecule has 1 saturated heterocycles. The van der Waals surface area contributed by atoms with Gasteiger partial charge < -0.3 is 15.1 Å². The Bertz CT molecular complexity index is 383. The first-order valence-electron chi connectivity index (χ1n) is 5.11. The van der Waals surface area contributed by atoms with E-state index in [1.165, 1.54) is 16.2 Å². The minimum atomic E-state index is -0.818. The number of hydrogen-bond acceptors (Lipinski definition) is 5. The molecule has 0 saturated carbocycles. The SMILES string of the molecule is Cc1nc(CC(=O)N2C[C@@H](O)[C@@H](O)C2)cs1. The number of amides is 1. The van der Waals surface area contributed by atoms with Crippen LogP contribution in [-0.4, -0.2) is 51.3 Å². The Labute approximate surface area is 97.4 Å². The number of nitrogens with zero attached hydrogens (tertiary/aromatic N) is 2. The molecule has 0 aromatic carbocycles. The van der Waals surface area contributed by atoms with Gasteiger partial charge in [0.25, 0.3) is 0 Å². The van der Waals surface area contributed by atoms with E-state index in [0.717, 1.165) is 10.7 Å². The predicted molar refractivity (Wildman–Crippen MR) is 59.1 cm³/mol. The van der Waals surface area contributed by atoms with E-state index in [4.69, 9.17) is 0 Å². The molecule has 2 atom stereocenters. The number of aliphatic hydroxyl groups is 2. The van der Waals surface area contributed by atoms with Gasteiger partial charge in [-0.15, -0.1) is 11.3 Å². The minimum Gasteiger partial charge on any atom is -0.388 e. The quantitative estimate of drug-likeness (QED) is 0.737. The van der Waals surface area contributed by atoms with Gasteiger partial charge in [0, 0.05) is 18.5 Å². The lowest BCUT2D eigenvalue weighted by Gasteiger charge is -2.14. The van der Waals surface area contributed by atoms with Crippen molar-refractivity contribution in [1.82, 2.24) is 9.88 Å². The molecule has 1 aliphatic rings. The number of aryl methyl sites for hydroxylation is 1. The Morgan fingerprint density at radius 2 is 2.19 bits per heavy atom. The van der Waals surface area contributed by atoms with Crippen LogP contribution in [-0.2, 0) is 11.2 Å². The van der Waals surface area contributed by atoms with Crippen LogP contribution in [0.2, 0.25) is 0 Å². The van der Waals surface area contributed by atoms with Crippen LogP contribution in [0.1, 0.15) is 10.7 Å². The fraction of sp³-hybridized carbons (Fsp3) is 0.600. The van der Waals surface area contributed by atoms with Crippen molar-refractivity contribution in [2.75, 3.05) is 13.1 Å². The van der Waals surface area contributed by atoms with E-state index in [1.54, 1.807) is 0 Å². The van der Waals surface area contributed by atoms with Gasteiger partial charge in [0.05, 0.1) is 29.3 Å². The fourth-order valence-corrected chi connectivity index (χ4v) is 2.34. The van der Waals surface area contributed by atoms with Gasteiger partial charge in [-0.2, -0.15) is 0 Å². The van der Waals surface area contributed by atoms with Crippen LogP contribution in [0.3, 0.4) is 0 Å². The van der Waals surface area contributed by atoms with Crippen molar-refractivity contribution in [1.29, 1.82) is 0 Å². The van der Waals surface area contributed by atoms with E-state index < -0.39 is 12.2 Å². The number of rotatable bonds is 2. The molecular weight excluding hydrogens is 228 g/mol. The minimum absolute atomic E-state index is 0.0964. The fourth-order valence-electron chi connectivity index (χ4n) is 1.73. The Balaban J connectivity index is 1.94. The molecule has 0 unspecified atom stereocenters. The zero-order valence-corrected chi connectivity index (χ0v) is 9.78. The number of carbonyl (C=O) groups excluding carboxylic acids is 1. The zero-order chi connectivity index (χ0) is 11.7. The van der Waals surface area contributed by atoms with Crippen LogP contribution in [0.25, 0.3) is 0 Å². The number of carbonyl (C=O) groups is 1. The number of thiazole rings is 1. The second-order valence-electron chi connectivity index (χ2n) is 3.97. The van der Waals surface area contributed by atoms with Gasteiger partial charge in [-0.05, 0) is 6.92 Å². The number of hydrogen-bond donors (Lipinski definition) is 2. The van der Waals surface area contributed by atoms with Crippen molar-refractivity contribution in [3.63, 3.8) is 0 Å². The third kappa shape index (κ3) is 2.40. The zero-order valence-electron chi connectivity index (χ0n) is 8.96. The first kappa shape index (κ1) is 11.5. The highest BCUT2D eigenvalue weighted by atomic mass is 32.1. The molecule has 88 valence electrons. The molecule has 16 heavy (non-hydrogen) atoms. The normalized spacial score (nSPS) is 25.1. The summed E-state index contributed by atoms with van der Waals surface area (Å²) in [7, 11) is 0. The van der Waals surface area contributed by atoms with Gasteiger partial charge in [0.1, 0.15) is 0 Å². The average Bonchev–Trinajstić information content (AvgIpc) is 2.75. The topological polar surface area (TPSA) is 73.7 Å². The summed E-state index contributed by atoms with van der Waals surface area (Å²) in [6.45, 7) is 2.31. The van der Waals surface area contributed by atoms with Gasteiger partial charge in [-0.25, -0.2) is 4.98 Å². The maximum Gasteiger partial charge on any atom is 0.228 e. The van der Waals surface area contributed by atoms with E-state index in [-0.39, 0.29) is 25.4 Å². The van der Waals surface area contributed by atoms with Crippen molar-refractivity contribution in [2.24, 2.45) is 0 Å². The lowest BCUT2D eigenvalue weighted by Crippen LogP contribution is -2.31. The van der Waals surface area contributed by atoms with Crippen LogP contribution >= 0.6 is 11.3 Å². The molecular formula is C10H14N2O3S. The van der Waals surface area contributed by atoms with Gasteiger partial charge in [0.15, 0.2) is 0 Å². The van der Waals surface area contributed by atoms with Crippen molar-refractivity contribution in [3.05, 3.63) is 16.1 Å². The molecule has 1 aromatic heterocycles. The lowest BCUT2D eigenvalue weighted by atomic mass is 10.3. The van der Waals surface area contributed by atoms with Gasteiger partial charge in [0.2, 0.25) is 5.91 Å². The molecule has 2 rings (SSSR count). The molecule has 2 heterocycles. The number of β-amino-alcohol motifs (C(OH)–C–C–N with tert-alkyl or cyclic N) is 2. The Morgan fingerprint density at radius 1 is 1.56 bits per heavy atom. The molecule has 6 heteroatoms. The first-order valence-corrected chi connectivity index (χ1v) is 5.99. The van der Waals surface area contributed by atoms with E-state index in [0.29, 0.717) is 0 Å². The van der Waals surface area contributed by atoms with E-state index in [9.17, 15) is 15.0 Å². The second-order valence-corrected chi connectivity index (χ2v) is 5.03. The average molecular weight is 242 g/mol. The summed E-state index contributed by atoms with van der Waals surface area (Å²) in [5, 5.41) is 21.5. The van der Waals surface area contributed by atoms with Crippen molar-refractivity contribution in [2.45, 2.75) is 25.6 Å². The standard InChI is InChI=1S/C10H14N2O3S/c1-6-11-7(5-16-6)2-10(15)12-3-8(13)9(14)4-12/h5,8-9,13-14H,2-4H2,1H3/t8-,9+. The van der Waals surface area contributed by atoms with Gasteiger partial charge in [-0.3, -0.25) is 4.79 Å². The van der Waals surface area contributed by atoms with Crippen LogP contribution in [0.15, 0.2) is 5.38 Å². The summed E-state index contributed by atoms with van der Waals surface area (Å²) in [6.07, 6.45) is -1.40. The maximum absolute atomic E-state index is 11.8. The van der Waals surface area contributed by atoms with E-state index >= 15 is 0 Å². The summed E-state index contributed by atoms with van der Waals surface area (Å²) in [5.74, 6) is -0.0964. The highest BCUT2D eigenvalue weighted by Gasteiger charge is 2.32. The lowest BCUT2D eigenvalue weighted by molar-refractivity contribution is -0.130. The summed E-state index contributed by atoms with van der Waals surface area (Å²) in [4.78, 5) is 17.5. The van der Waals surface area contributed by atoms with Crippen LogP contribution < -0.4 is 0 Å². The van der Waals surface area contributed by atoms with E-state index in [1.807, 2.05) is 12.3 Å². The maximum atomic E-state index is 11.8. The number of aromatic nitrogens is 1. The van der Waals surface area contributed by atoms with Crippen molar-refractivity contribution >= 4 is 17.2 Å². The summed E-state index contributed by atoms with van der Waals surface area (Å²) in [6, 6.07) is 0. The Morgan fingerprint density at radius 3 is 2.69 bits per heavy atom. The molecule has 5 nitrogen and oxygen atoms in total. The molecule has 1 aliphatic heterocycles. The smallest absolute Gasteiger partial charge is 0.228 e. The molecule has 2 N–H and O–H groups in total. The van der Waals surface area contributed by atoms with Gasteiger partial charge >= 0.3 is 0 Å². The number of likely N-dealkylation sites (tertiary alicyclic amines) is 1. The molecule has 1 amide bonds. The van der Waals surface area contributed by atoms with Gasteiger partial charge in [-0.1, -0.05) is 0 Å². The van der Waals surface area contributed by atoms with Crippen LogP contribution in [0, 0.1) is 6.92 Å². The summed E-state index contributed by atoms with van der Waals surface area (Å²) < 4.78 is 0. The molecule has 0 bridgehead atoms. The highest BCUT2D eigenvalue weighted by molar-refractivity contribution is 7.09. The monoisotopic (exact) mass is 242 g/mol. The molecule has 0 spiro atoms. The third-order valence-corrected chi connectivity index (χ3v) is 3.43. The highest BCUT2D eigenvalue weighted by Crippen LogP contribution is 2.14. The molecule has 1 fully saturated rings. The van der Waals surface area contributed by atoms with Crippen molar-refractivity contribution < 1.29 is 15.0 Å². The largest absolute Gasteiger partial charge is 0.388 e. The number of aliphatic hydroxyl groups excluding tert-OH is 2. The Hall–Kier alpha value is -0.980. The molecule has 0 aliphatic carbocycles. The Kier molecular flexibility index (Phi) is 3.22. The summed E-state index contributed by atoms with van der Waals surface area (Å²) in [5.41, 5.74) is 0.753. The third-order valence-electron chi connectivity index (χ3n) is 2.61.